The van der Waals surface area contributed by atoms with Gasteiger partial charge in [-0.3, -0.25) is 9.59 Å². The normalized spacial score (nSPS) is 10.1. The maximum atomic E-state index is 11.4. The van der Waals surface area contributed by atoms with Gasteiger partial charge in [0.15, 0.2) is 5.78 Å². The summed E-state index contributed by atoms with van der Waals surface area (Å²) in [4.78, 5) is 22.4. The zero-order chi connectivity index (χ0) is 15.8. The first-order valence-corrected chi connectivity index (χ1v) is 7.94. The highest BCUT2D eigenvalue weighted by Gasteiger charge is 2.19. The van der Waals surface area contributed by atoms with Crippen molar-refractivity contribution in [2.24, 2.45) is 0 Å². The van der Waals surface area contributed by atoms with Gasteiger partial charge in [-0.2, -0.15) is 0 Å². The van der Waals surface area contributed by atoms with Crippen molar-refractivity contribution in [2.75, 3.05) is 17.6 Å². The number of Topliss-reactive ketones (excluding diaryl/α,β-unsaturated/α-hetero) is 1. The van der Waals surface area contributed by atoms with Crippen LogP contribution in [0.3, 0.4) is 0 Å². The van der Waals surface area contributed by atoms with Gasteiger partial charge in [-0.15, -0.1) is 0 Å². The van der Waals surface area contributed by atoms with E-state index in [9.17, 15) is 19.6 Å². The van der Waals surface area contributed by atoms with Crippen LogP contribution in [0, 0.1) is 0 Å². The first-order valence-electron chi connectivity index (χ1n) is 6.42. The van der Waals surface area contributed by atoms with Gasteiger partial charge < -0.3 is 20.1 Å². The van der Waals surface area contributed by atoms with Crippen LogP contribution in [0.2, 0.25) is 0 Å². The fourth-order valence-corrected chi connectivity index (χ4v) is 1.97. The van der Waals surface area contributed by atoms with Crippen LogP contribution < -0.4 is 15.5 Å². The maximum absolute atomic E-state index is 11.4. The van der Waals surface area contributed by atoms with Crippen molar-refractivity contribution in [3.8, 4) is 5.75 Å². The molecule has 1 aromatic rings. The van der Waals surface area contributed by atoms with Gasteiger partial charge in [0.1, 0.15) is 5.75 Å². The molecule has 0 aromatic heterocycles. The monoisotopic (exact) mass is 405 g/mol. The summed E-state index contributed by atoms with van der Waals surface area (Å²) in [5.41, 5.74) is 0.380. The maximum Gasteiger partial charge on any atom is 0.489 e. The SMILES string of the molecule is CC(=O)c1ccc(OCCCNC(=O)CI)cc1B(O)O. The number of nitrogens with one attached hydrogen (secondary N) is 1. The number of hydrogen-bond donors (Lipinski definition) is 3. The van der Waals surface area contributed by atoms with Crippen molar-refractivity contribution in [1.29, 1.82) is 0 Å². The highest BCUT2D eigenvalue weighted by atomic mass is 127. The number of carbonyl (C=O) groups excluding carboxylic acids is 2. The lowest BCUT2D eigenvalue weighted by molar-refractivity contribution is -0.118. The highest BCUT2D eigenvalue weighted by Crippen LogP contribution is 2.11. The first-order chi connectivity index (χ1) is 9.95. The number of carbonyl (C=O) groups is 2. The number of amides is 1. The van der Waals surface area contributed by atoms with E-state index in [1.807, 2.05) is 22.6 Å². The molecule has 0 aliphatic carbocycles. The largest absolute Gasteiger partial charge is 0.494 e. The predicted octanol–water partition coefficient (Wildman–Crippen LogP) is -0.111. The van der Waals surface area contributed by atoms with Crippen LogP contribution in [0.5, 0.6) is 5.75 Å². The van der Waals surface area contributed by atoms with Crippen LogP contribution in [0.1, 0.15) is 23.7 Å². The van der Waals surface area contributed by atoms with E-state index in [-0.39, 0.29) is 22.7 Å². The number of rotatable bonds is 8. The first kappa shape index (κ1) is 17.9. The van der Waals surface area contributed by atoms with Gasteiger partial charge in [-0.05, 0) is 37.0 Å². The van der Waals surface area contributed by atoms with Crippen LogP contribution in [0.4, 0.5) is 0 Å². The number of ketones is 1. The van der Waals surface area contributed by atoms with Gasteiger partial charge in [0.05, 0.1) is 11.0 Å². The summed E-state index contributed by atoms with van der Waals surface area (Å²) in [5, 5.41) is 21.3. The van der Waals surface area contributed by atoms with Crippen molar-refractivity contribution < 1.29 is 24.4 Å². The van der Waals surface area contributed by atoms with E-state index in [2.05, 4.69) is 5.32 Å². The second-order valence-electron chi connectivity index (χ2n) is 4.36. The lowest BCUT2D eigenvalue weighted by Crippen LogP contribution is -2.34. The molecule has 0 atom stereocenters. The van der Waals surface area contributed by atoms with Crippen molar-refractivity contribution in [1.82, 2.24) is 5.32 Å². The Labute approximate surface area is 137 Å². The number of ether oxygens (including phenoxy) is 1. The Kier molecular flexibility index (Phi) is 7.69. The van der Waals surface area contributed by atoms with Gasteiger partial charge >= 0.3 is 7.12 Å². The molecule has 0 aliphatic rings. The van der Waals surface area contributed by atoms with E-state index in [1.54, 1.807) is 6.07 Å². The Hall–Kier alpha value is -1.13. The molecule has 0 bridgehead atoms. The molecular weight excluding hydrogens is 388 g/mol. The molecule has 1 rings (SSSR count). The van der Waals surface area contributed by atoms with Crippen molar-refractivity contribution >= 4 is 46.9 Å². The predicted molar refractivity (Wildman–Crippen MR) is 88.3 cm³/mol. The molecule has 8 heteroatoms. The van der Waals surface area contributed by atoms with Crippen LogP contribution in [0.15, 0.2) is 18.2 Å². The third-order valence-corrected chi connectivity index (χ3v) is 3.41. The third-order valence-electron chi connectivity index (χ3n) is 2.71. The van der Waals surface area contributed by atoms with E-state index in [0.29, 0.717) is 29.7 Å². The summed E-state index contributed by atoms with van der Waals surface area (Å²) in [6, 6.07) is 4.54. The molecule has 6 nitrogen and oxygen atoms in total. The van der Waals surface area contributed by atoms with E-state index in [1.165, 1.54) is 19.1 Å². The van der Waals surface area contributed by atoms with Crippen LogP contribution >= 0.6 is 22.6 Å². The van der Waals surface area contributed by atoms with Gasteiger partial charge in [-0.1, -0.05) is 22.6 Å². The van der Waals surface area contributed by atoms with Gasteiger partial charge in [0.2, 0.25) is 5.91 Å². The Morgan fingerprint density at radius 1 is 1.38 bits per heavy atom. The van der Waals surface area contributed by atoms with E-state index in [4.69, 9.17) is 4.74 Å². The molecule has 0 fully saturated rings. The number of benzene rings is 1. The van der Waals surface area contributed by atoms with Crippen LogP contribution in [-0.2, 0) is 4.79 Å². The molecule has 0 radical (unpaired) electrons. The molecule has 0 heterocycles. The number of alkyl halides is 1. The van der Waals surface area contributed by atoms with E-state index < -0.39 is 7.12 Å². The van der Waals surface area contributed by atoms with Crippen molar-refractivity contribution in [3.05, 3.63) is 23.8 Å². The molecule has 0 spiro atoms. The summed E-state index contributed by atoms with van der Waals surface area (Å²) in [7, 11) is -1.73. The van der Waals surface area contributed by atoms with E-state index >= 15 is 0 Å². The standard InChI is InChI=1S/C13H17BINO5/c1-9(17)11-4-3-10(7-12(11)14(19)20)21-6-2-5-16-13(18)8-15/h3-4,7,19-20H,2,5-6,8H2,1H3,(H,16,18). The molecule has 1 amide bonds. The van der Waals surface area contributed by atoms with Crippen molar-refractivity contribution in [2.45, 2.75) is 13.3 Å². The summed E-state index contributed by atoms with van der Waals surface area (Å²) in [5.74, 6) is 0.182. The average molecular weight is 405 g/mol. The molecule has 1 aromatic carbocycles. The van der Waals surface area contributed by atoms with E-state index in [0.717, 1.165) is 0 Å². The molecule has 3 N–H and O–H groups in total. The number of halogens is 1. The summed E-state index contributed by atoms with van der Waals surface area (Å²) in [6.45, 7) is 2.25. The fourth-order valence-electron chi connectivity index (χ4n) is 1.70. The molecule has 0 saturated carbocycles. The lowest BCUT2D eigenvalue weighted by Gasteiger charge is -2.11. The number of hydrogen-bond acceptors (Lipinski definition) is 5. The summed E-state index contributed by atoms with van der Waals surface area (Å²) >= 11 is 1.98. The van der Waals surface area contributed by atoms with Gasteiger partial charge in [-0.25, -0.2) is 0 Å². The minimum Gasteiger partial charge on any atom is -0.494 e. The molecule has 114 valence electrons. The fraction of sp³-hybridized carbons (Fsp3) is 0.385. The third kappa shape index (κ3) is 6.02. The highest BCUT2D eigenvalue weighted by molar-refractivity contribution is 14.1. The Balaban J connectivity index is 2.55. The smallest absolute Gasteiger partial charge is 0.489 e. The Bertz CT molecular complexity index is 509. The van der Waals surface area contributed by atoms with Crippen LogP contribution in [-0.4, -0.2) is 46.4 Å². The Morgan fingerprint density at radius 3 is 2.67 bits per heavy atom. The molecule has 0 unspecified atom stereocenters. The molecule has 0 saturated heterocycles. The Morgan fingerprint density at radius 2 is 2.10 bits per heavy atom. The second-order valence-corrected chi connectivity index (χ2v) is 5.13. The minimum atomic E-state index is -1.73. The zero-order valence-electron chi connectivity index (χ0n) is 11.6. The lowest BCUT2D eigenvalue weighted by atomic mass is 9.76. The zero-order valence-corrected chi connectivity index (χ0v) is 13.8. The summed E-state index contributed by atoms with van der Waals surface area (Å²) < 4.78 is 5.88. The summed E-state index contributed by atoms with van der Waals surface area (Å²) in [6.07, 6.45) is 0.633. The molecule has 21 heavy (non-hydrogen) atoms. The average Bonchev–Trinajstić information content (AvgIpc) is 2.46. The van der Waals surface area contributed by atoms with Crippen molar-refractivity contribution in [3.63, 3.8) is 0 Å². The topological polar surface area (TPSA) is 95.9 Å². The second kappa shape index (κ2) is 9.01. The van der Waals surface area contributed by atoms with Gasteiger partial charge in [0.25, 0.3) is 0 Å². The molecular formula is C13H17BINO5. The quantitative estimate of drug-likeness (QED) is 0.185. The molecule has 0 aliphatic heterocycles. The van der Waals surface area contributed by atoms with Crippen LogP contribution in [0.25, 0.3) is 0 Å². The minimum absolute atomic E-state index is 0.0212. The van der Waals surface area contributed by atoms with Gasteiger partial charge in [0, 0.05) is 12.1 Å².